The van der Waals surface area contributed by atoms with Crippen LogP contribution in [0.5, 0.6) is 0 Å². The van der Waals surface area contributed by atoms with E-state index in [1.807, 2.05) is 0 Å². The molecule has 0 radical (unpaired) electrons. The van der Waals surface area contributed by atoms with Gasteiger partial charge in [0.25, 0.3) is 0 Å². The normalized spacial score (nSPS) is 34.2. The van der Waals surface area contributed by atoms with Crippen molar-refractivity contribution in [1.82, 2.24) is 10.8 Å². The molecule has 13 heteroatoms. The maximum absolute atomic E-state index is 13.1. The Morgan fingerprint density at radius 3 is 1.89 bits per heavy atom. The summed E-state index contributed by atoms with van der Waals surface area (Å²) in [6.07, 6.45) is 13.0. The van der Waals surface area contributed by atoms with Crippen molar-refractivity contribution in [3.63, 3.8) is 0 Å². The van der Waals surface area contributed by atoms with Crippen LogP contribution in [0.15, 0.2) is 0 Å². The van der Waals surface area contributed by atoms with Crippen molar-refractivity contribution in [2.24, 2.45) is 35.0 Å². The standard InChI is InChI=1S/C33H59N3O10/c1-33(2,21-42-27-13-9-25(10-14-27)36-43-18-22-5-3-4-6-23(22)19-44-40)20-41-26-11-7-24(8-12-26)35-31(37)30-17-28(45-46-34)15-16-29(30)32(38)39/h22-30,36,40H,3-21,34H2,1-2H3,(H,35,37)(H,38,39). The van der Waals surface area contributed by atoms with E-state index in [1.165, 1.54) is 12.8 Å². The maximum Gasteiger partial charge on any atom is 0.307 e. The molecule has 0 aliphatic heterocycles. The van der Waals surface area contributed by atoms with E-state index in [1.54, 1.807) is 0 Å². The summed E-state index contributed by atoms with van der Waals surface area (Å²) >= 11 is 0. The SMILES string of the molecule is CC(C)(COC1CCC(NOCC2CCCCC2COO)CC1)COC1CCC(NC(=O)C2CC(OON)CCC2C(=O)O)CC1. The van der Waals surface area contributed by atoms with Crippen LogP contribution in [0, 0.1) is 29.1 Å². The van der Waals surface area contributed by atoms with Gasteiger partial charge in [-0.1, -0.05) is 26.7 Å². The molecule has 0 spiro atoms. The molecular weight excluding hydrogens is 598 g/mol. The third kappa shape index (κ3) is 11.9. The largest absolute Gasteiger partial charge is 0.481 e. The molecule has 46 heavy (non-hydrogen) atoms. The van der Waals surface area contributed by atoms with Gasteiger partial charge in [-0.05, 0) is 95.3 Å². The Balaban J connectivity index is 1.07. The van der Waals surface area contributed by atoms with Crippen LogP contribution in [0.3, 0.4) is 0 Å². The zero-order chi connectivity index (χ0) is 32.9. The summed E-state index contributed by atoms with van der Waals surface area (Å²) in [7, 11) is 0. The molecule has 6 N–H and O–H groups in total. The number of nitrogens with two attached hydrogens (primary N) is 1. The van der Waals surface area contributed by atoms with Crippen molar-refractivity contribution in [3.05, 3.63) is 0 Å². The van der Waals surface area contributed by atoms with Crippen molar-refractivity contribution >= 4 is 11.9 Å². The lowest BCUT2D eigenvalue weighted by atomic mass is 9.77. The molecule has 4 fully saturated rings. The number of amides is 1. The fraction of sp³-hybridized carbons (Fsp3) is 0.939. The molecule has 4 aliphatic rings. The van der Waals surface area contributed by atoms with Crippen LogP contribution in [-0.4, -0.2) is 79.1 Å². The number of hydrogen-bond donors (Lipinski definition) is 5. The molecule has 4 saturated carbocycles. The van der Waals surface area contributed by atoms with Gasteiger partial charge in [-0.2, -0.15) is 11.4 Å². The van der Waals surface area contributed by atoms with E-state index in [-0.39, 0.29) is 42.1 Å². The molecule has 0 aromatic carbocycles. The Bertz CT molecular complexity index is 908. The minimum atomic E-state index is -0.958. The first-order chi connectivity index (χ1) is 22.2. The fourth-order valence-corrected chi connectivity index (χ4v) is 7.73. The number of nitrogens with one attached hydrogen (secondary N) is 2. The summed E-state index contributed by atoms with van der Waals surface area (Å²) in [5.41, 5.74) is 3.17. The monoisotopic (exact) mass is 657 g/mol. The maximum atomic E-state index is 13.1. The second-order valence-corrected chi connectivity index (χ2v) is 15.0. The fourth-order valence-electron chi connectivity index (χ4n) is 7.73. The average Bonchev–Trinajstić information content (AvgIpc) is 3.05. The molecule has 5 unspecified atom stereocenters. The van der Waals surface area contributed by atoms with Crippen molar-refractivity contribution in [2.75, 3.05) is 26.4 Å². The lowest BCUT2D eigenvalue weighted by Gasteiger charge is -2.36. The second kappa shape index (κ2) is 18.9. The van der Waals surface area contributed by atoms with Crippen LogP contribution in [0.1, 0.15) is 110 Å². The first kappa shape index (κ1) is 37.4. The molecule has 0 heterocycles. The van der Waals surface area contributed by atoms with Crippen LogP contribution in [-0.2, 0) is 38.7 Å². The minimum Gasteiger partial charge on any atom is -0.481 e. The number of carbonyl (C=O) groups excluding carboxylic acids is 1. The topological polar surface area (TPSA) is 180 Å². The number of ether oxygens (including phenoxy) is 2. The van der Waals surface area contributed by atoms with Crippen LogP contribution in [0.25, 0.3) is 0 Å². The third-order valence-corrected chi connectivity index (χ3v) is 10.7. The predicted molar refractivity (Wildman–Crippen MR) is 168 cm³/mol. The van der Waals surface area contributed by atoms with E-state index in [0.29, 0.717) is 57.1 Å². The lowest BCUT2D eigenvalue weighted by molar-refractivity contribution is -0.335. The highest BCUT2D eigenvalue weighted by Gasteiger charge is 2.41. The molecule has 266 valence electrons. The van der Waals surface area contributed by atoms with Crippen LogP contribution in [0.2, 0.25) is 0 Å². The molecule has 4 rings (SSSR count). The molecule has 0 bridgehead atoms. The summed E-state index contributed by atoms with van der Waals surface area (Å²) in [6, 6.07) is 0.343. The number of aliphatic carboxylic acids is 1. The van der Waals surface area contributed by atoms with Crippen LogP contribution < -0.4 is 16.7 Å². The molecule has 5 atom stereocenters. The summed E-state index contributed by atoms with van der Waals surface area (Å²) < 4.78 is 12.7. The van der Waals surface area contributed by atoms with Gasteiger partial charge in [-0.25, -0.2) is 9.78 Å². The van der Waals surface area contributed by atoms with E-state index in [9.17, 15) is 14.7 Å². The first-order valence-electron chi connectivity index (χ1n) is 17.6. The Morgan fingerprint density at radius 2 is 1.33 bits per heavy atom. The first-order valence-corrected chi connectivity index (χ1v) is 17.6. The number of carboxylic acid groups (broad SMARTS) is 1. The van der Waals surface area contributed by atoms with E-state index < -0.39 is 17.8 Å². The number of hydrogen-bond acceptors (Lipinski definition) is 11. The molecule has 13 nitrogen and oxygen atoms in total. The molecule has 4 aliphatic carbocycles. The van der Waals surface area contributed by atoms with E-state index in [4.69, 9.17) is 30.4 Å². The van der Waals surface area contributed by atoms with Gasteiger partial charge in [0.05, 0.1) is 56.6 Å². The zero-order valence-electron chi connectivity index (χ0n) is 27.9. The minimum absolute atomic E-state index is 0.00486. The van der Waals surface area contributed by atoms with Gasteiger partial charge in [0.15, 0.2) is 0 Å². The summed E-state index contributed by atoms with van der Waals surface area (Å²) in [6.45, 7) is 6.65. The molecule has 1 amide bonds. The van der Waals surface area contributed by atoms with Gasteiger partial charge in [0, 0.05) is 17.5 Å². The molecule has 0 saturated heterocycles. The van der Waals surface area contributed by atoms with Crippen molar-refractivity contribution in [1.29, 1.82) is 0 Å². The highest BCUT2D eigenvalue weighted by Crippen LogP contribution is 2.34. The van der Waals surface area contributed by atoms with Gasteiger partial charge < -0.3 is 24.7 Å². The predicted octanol–water partition coefficient (Wildman–Crippen LogP) is 4.29. The van der Waals surface area contributed by atoms with E-state index in [2.05, 4.69) is 34.5 Å². The van der Waals surface area contributed by atoms with Gasteiger partial charge in [0.2, 0.25) is 5.91 Å². The highest BCUT2D eigenvalue weighted by molar-refractivity contribution is 5.85. The summed E-state index contributed by atoms with van der Waals surface area (Å²) in [4.78, 5) is 44.4. The van der Waals surface area contributed by atoms with Gasteiger partial charge in [-0.15, -0.1) is 4.99 Å². The third-order valence-electron chi connectivity index (χ3n) is 10.7. The number of rotatable bonds is 17. The Labute approximate surface area is 273 Å². The van der Waals surface area contributed by atoms with Gasteiger partial charge in [0.1, 0.15) is 0 Å². The summed E-state index contributed by atoms with van der Waals surface area (Å²) in [5, 5.41) is 21.6. The molecule has 0 aromatic heterocycles. The van der Waals surface area contributed by atoms with Gasteiger partial charge in [-0.3, -0.25) is 14.8 Å². The number of carbonyl (C=O) groups is 2. The Kier molecular flexibility index (Phi) is 15.4. The second-order valence-electron chi connectivity index (χ2n) is 15.0. The average molecular weight is 658 g/mol. The quantitative estimate of drug-likeness (QED) is 0.111. The van der Waals surface area contributed by atoms with Crippen molar-refractivity contribution in [3.8, 4) is 0 Å². The lowest BCUT2D eigenvalue weighted by Crippen LogP contribution is -2.47. The number of hydroxylamine groups is 1. The summed E-state index contributed by atoms with van der Waals surface area (Å²) in [5.74, 6) is 3.21. The highest BCUT2D eigenvalue weighted by atomic mass is 17.3. The van der Waals surface area contributed by atoms with E-state index in [0.717, 1.165) is 64.2 Å². The van der Waals surface area contributed by atoms with Crippen LogP contribution >= 0.6 is 0 Å². The smallest absolute Gasteiger partial charge is 0.307 e. The molecule has 0 aromatic rings. The van der Waals surface area contributed by atoms with Crippen molar-refractivity contribution in [2.45, 2.75) is 141 Å². The van der Waals surface area contributed by atoms with Crippen molar-refractivity contribution < 1.29 is 49.0 Å². The van der Waals surface area contributed by atoms with Gasteiger partial charge >= 0.3 is 5.97 Å². The van der Waals surface area contributed by atoms with Crippen LogP contribution in [0.4, 0.5) is 0 Å². The Morgan fingerprint density at radius 1 is 0.761 bits per heavy atom. The Hall–Kier alpha value is -1.42. The number of carboxylic acids is 1. The zero-order valence-corrected chi connectivity index (χ0v) is 27.9. The van der Waals surface area contributed by atoms with E-state index >= 15 is 0 Å². The molecular formula is C33H59N3O10.